The second kappa shape index (κ2) is 11.0. The Morgan fingerprint density at radius 3 is 2.14 bits per heavy atom. The van der Waals surface area contributed by atoms with Gasteiger partial charge >= 0.3 is 19.1 Å². The van der Waals surface area contributed by atoms with Crippen LogP contribution in [0.2, 0.25) is 0 Å². The van der Waals surface area contributed by atoms with E-state index in [1.807, 2.05) is 33.8 Å². The molecule has 1 saturated heterocycles. The van der Waals surface area contributed by atoms with Gasteiger partial charge in [0.05, 0.1) is 53.5 Å². The first kappa shape index (κ1) is 30.3. The Kier molecular flexibility index (Phi) is 7.91. The molecule has 0 amide bonds. The van der Waals surface area contributed by atoms with Crippen molar-refractivity contribution < 1.29 is 33.3 Å². The number of nitriles is 1. The molecule has 2 aromatic rings. The van der Waals surface area contributed by atoms with Crippen LogP contribution in [0.15, 0.2) is 65.1 Å². The number of nitro groups is 1. The van der Waals surface area contributed by atoms with Crippen LogP contribution < -0.4 is 16.1 Å². The summed E-state index contributed by atoms with van der Waals surface area (Å²) < 4.78 is 22.3. The van der Waals surface area contributed by atoms with Crippen molar-refractivity contribution in [2.75, 3.05) is 19.1 Å². The van der Waals surface area contributed by atoms with Crippen LogP contribution in [0.1, 0.15) is 44.7 Å². The van der Waals surface area contributed by atoms with Gasteiger partial charge in [-0.3, -0.25) is 15.0 Å². The van der Waals surface area contributed by atoms with Gasteiger partial charge in [-0.05, 0) is 51.2 Å². The fraction of sp³-hybridized carbons (Fsp3) is 0.345. The molecule has 13 heteroatoms. The summed E-state index contributed by atoms with van der Waals surface area (Å²) in [5.41, 5.74) is 4.89. The van der Waals surface area contributed by atoms with E-state index in [0.29, 0.717) is 11.0 Å². The Morgan fingerprint density at radius 1 is 1.07 bits per heavy atom. The van der Waals surface area contributed by atoms with Crippen molar-refractivity contribution in [1.82, 2.24) is 0 Å². The fourth-order valence-electron chi connectivity index (χ4n) is 5.08. The van der Waals surface area contributed by atoms with Crippen molar-refractivity contribution in [2.24, 2.45) is 5.73 Å². The SMILES string of the molecule is COC(=O)C1=C(C(=O)OC)N(c2c(C)cc(B3OC(C)(C)C(C)(C)O3)cc2[N+](=O)[O-])C(N)=C(C#N)C1c1ccccc1. The molecule has 1 fully saturated rings. The Bertz CT molecular complexity index is 1560. The van der Waals surface area contributed by atoms with E-state index in [-0.39, 0.29) is 28.2 Å². The van der Waals surface area contributed by atoms with Crippen molar-refractivity contribution in [3.05, 3.63) is 86.4 Å². The molecular formula is C29H31BN4O8. The lowest BCUT2D eigenvalue weighted by atomic mass is 9.77. The van der Waals surface area contributed by atoms with Gasteiger partial charge in [0.2, 0.25) is 0 Å². The Morgan fingerprint density at radius 2 is 1.64 bits per heavy atom. The topological polar surface area (TPSA) is 167 Å². The van der Waals surface area contributed by atoms with Gasteiger partial charge in [0, 0.05) is 6.07 Å². The number of nitrogens with two attached hydrogens (primary N) is 1. The van der Waals surface area contributed by atoms with Gasteiger partial charge in [-0.25, -0.2) is 9.59 Å². The third kappa shape index (κ3) is 4.89. The van der Waals surface area contributed by atoms with Gasteiger partial charge < -0.3 is 24.5 Å². The number of nitrogens with zero attached hydrogens (tertiary/aromatic N) is 3. The molecule has 0 spiro atoms. The molecule has 0 bridgehead atoms. The third-order valence-corrected chi connectivity index (χ3v) is 7.86. The molecule has 0 radical (unpaired) electrons. The lowest BCUT2D eigenvalue weighted by Crippen LogP contribution is -2.42. The predicted octanol–water partition coefficient (Wildman–Crippen LogP) is 3.10. The summed E-state index contributed by atoms with van der Waals surface area (Å²) in [5, 5.41) is 22.8. The van der Waals surface area contributed by atoms with Crippen LogP contribution in [0.5, 0.6) is 0 Å². The number of rotatable bonds is 6. The molecule has 2 aliphatic rings. The van der Waals surface area contributed by atoms with E-state index in [1.54, 1.807) is 43.3 Å². The second-order valence-corrected chi connectivity index (χ2v) is 10.9. The lowest BCUT2D eigenvalue weighted by molar-refractivity contribution is -0.384. The average molecular weight is 574 g/mol. The smallest absolute Gasteiger partial charge is 0.466 e. The maximum atomic E-state index is 13.4. The molecule has 1 unspecified atom stereocenters. The monoisotopic (exact) mass is 574 g/mol. The second-order valence-electron chi connectivity index (χ2n) is 10.9. The Balaban J connectivity index is 2.04. The number of allylic oxidation sites excluding steroid dienone is 1. The first-order chi connectivity index (χ1) is 19.7. The number of nitro benzene ring substituents is 1. The van der Waals surface area contributed by atoms with Crippen LogP contribution in [0.4, 0.5) is 11.4 Å². The molecule has 2 aromatic carbocycles. The molecule has 12 nitrogen and oxygen atoms in total. The molecule has 2 N–H and O–H groups in total. The van der Waals surface area contributed by atoms with Crippen molar-refractivity contribution in [3.63, 3.8) is 0 Å². The Labute approximate surface area is 243 Å². The van der Waals surface area contributed by atoms with Gasteiger partial charge in [0.15, 0.2) is 0 Å². The van der Waals surface area contributed by atoms with E-state index in [9.17, 15) is 25.0 Å². The number of methoxy groups -OCH3 is 2. The van der Waals surface area contributed by atoms with Gasteiger partial charge in [-0.1, -0.05) is 36.4 Å². The highest BCUT2D eigenvalue weighted by atomic mass is 16.7. The third-order valence-electron chi connectivity index (χ3n) is 7.86. The standard InChI is InChI=1S/C29H31BN4O8/c1-16-13-18(30-41-28(2,3)29(4,5)42-30)14-20(34(37)38)23(16)33-24(27(36)40-7)22(26(35)39-6)21(19(15-31)25(33)32)17-11-9-8-10-12-17/h8-14,21H,32H2,1-7H3. The molecule has 4 rings (SSSR count). The average Bonchev–Trinajstić information content (AvgIpc) is 3.17. The molecular weight excluding hydrogens is 543 g/mol. The molecule has 1 atom stereocenters. The van der Waals surface area contributed by atoms with E-state index >= 15 is 0 Å². The highest BCUT2D eigenvalue weighted by molar-refractivity contribution is 6.62. The normalized spacial score (nSPS) is 19.4. The fourth-order valence-corrected chi connectivity index (χ4v) is 5.08. The predicted molar refractivity (Wildman–Crippen MR) is 153 cm³/mol. The summed E-state index contributed by atoms with van der Waals surface area (Å²) in [6, 6.07) is 13.4. The zero-order chi connectivity index (χ0) is 31.1. The lowest BCUT2D eigenvalue weighted by Gasteiger charge is -2.36. The highest BCUT2D eigenvalue weighted by Gasteiger charge is 2.52. The molecule has 2 aliphatic heterocycles. The van der Waals surface area contributed by atoms with Crippen LogP contribution >= 0.6 is 0 Å². The van der Waals surface area contributed by atoms with Crippen LogP contribution in [-0.2, 0) is 28.4 Å². The van der Waals surface area contributed by atoms with Gasteiger partial charge in [0.1, 0.15) is 17.2 Å². The highest BCUT2D eigenvalue weighted by Crippen LogP contribution is 2.46. The number of carbonyl (C=O) groups excluding carboxylic acids is 2. The first-order valence-corrected chi connectivity index (χ1v) is 13.0. The molecule has 0 aromatic heterocycles. The van der Waals surface area contributed by atoms with Crippen molar-refractivity contribution in [2.45, 2.75) is 51.7 Å². The van der Waals surface area contributed by atoms with Crippen molar-refractivity contribution >= 4 is 35.9 Å². The number of hydrogen-bond acceptors (Lipinski definition) is 11. The molecule has 0 saturated carbocycles. The maximum Gasteiger partial charge on any atom is 0.495 e. The van der Waals surface area contributed by atoms with E-state index in [0.717, 1.165) is 19.1 Å². The summed E-state index contributed by atoms with van der Waals surface area (Å²) in [5.74, 6) is -3.35. The number of esters is 2. The number of anilines is 1. The van der Waals surface area contributed by atoms with Gasteiger partial charge in [-0.15, -0.1) is 0 Å². The molecule has 2 heterocycles. The van der Waals surface area contributed by atoms with Crippen molar-refractivity contribution in [3.8, 4) is 6.07 Å². The summed E-state index contributed by atoms with van der Waals surface area (Å²) in [6.45, 7) is 9.01. The van der Waals surface area contributed by atoms with Gasteiger partial charge in [-0.2, -0.15) is 5.26 Å². The number of carbonyl (C=O) groups is 2. The minimum atomic E-state index is -1.11. The number of hydrogen-bond donors (Lipinski definition) is 1. The molecule has 42 heavy (non-hydrogen) atoms. The quantitative estimate of drug-likeness (QED) is 0.233. The first-order valence-electron chi connectivity index (χ1n) is 13.0. The maximum absolute atomic E-state index is 13.4. The number of benzene rings is 2. The zero-order valence-corrected chi connectivity index (χ0v) is 24.4. The van der Waals surface area contributed by atoms with E-state index < -0.39 is 52.5 Å². The van der Waals surface area contributed by atoms with E-state index in [1.165, 1.54) is 6.07 Å². The van der Waals surface area contributed by atoms with Crippen LogP contribution in [0.25, 0.3) is 0 Å². The number of ether oxygens (including phenoxy) is 2. The summed E-state index contributed by atoms with van der Waals surface area (Å²) >= 11 is 0. The van der Waals surface area contributed by atoms with E-state index in [2.05, 4.69) is 0 Å². The molecule has 218 valence electrons. The molecule has 0 aliphatic carbocycles. The zero-order valence-electron chi connectivity index (χ0n) is 24.4. The minimum absolute atomic E-state index is 0.113. The summed E-state index contributed by atoms with van der Waals surface area (Å²) in [6.07, 6.45) is 0. The van der Waals surface area contributed by atoms with Crippen molar-refractivity contribution in [1.29, 1.82) is 5.26 Å². The van der Waals surface area contributed by atoms with Crippen LogP contribution in [-0.4, -0.2) is 49.4 Å². The summed E-state index contributed by atoms with van der Waals surface area (Å²) in [4.78, 5) is 39.7. The van der Waals surface area contributed by atoms with Crippen LogP contribution in [0.3, 0.4) is 0 Å². The van der Waals surface area contributed by atoms with Crippen LogP contribution in [0, 0.1) is 28.4 Å². The minimum Gasteiger partial charge on any atom is -0.466 e. The number of aryl methyl sites for hydroxylation is 1. The Hall–Kier alpha value is -4.67. The summed E-state index contributed by atoms with van der Waals surface area (Å²) in [7, 11) is 1.30. The largest absolute Gasteiger partial charge is 0.495 e. The van der Waals surface area contributed by atoms with E-state index in [4.69, 9.17) is 24.5 Å². The van der Waals surface area contributed by atoms with Gasteiger partial charge in [0.25, 0.3) is 5.69 Å².